The molecular weight excluding hydrogens is 352 g/mol. The first-order chi connectivity index (χ1) is 12.0. The van der Waals surface area contributed by atoms with Gasteiger partial charge in [0.15, 0.2) is 0 Å². The molecule has 0 unspecified atom stereocenters. The highest BCUT2D eigenvalue weighted by Crippen LogP contribution is 2.15. The summed E-state index contributed by atoms with van der Waals surface area (Å²) in [5.74, 6) is 0. The first-order valence-corrected chi connectivity index (χ1v) is 9.63. The van der Waals surface area contributed by atoms with E-state index in [4.69, 9.17) is 27.9 Å². The minimum atomic E-state index is -0.177. The lowest BCUT2D eigenvalue weighted by Crippen LogP contribution is -2.46. The molecule has 134 valence electrons. The number of benzene rings is 2. The van der Waals surface area contributed by atoms with Crippen LogP contribution < -0.4 is 16.2 Å². The van der Waals surface area contributed by atoms with E-state index in [0.29, 0.717) is 6.61 Å². The number of rotatable bonds is 9. The molecular formula is C20H26BCl2NO. The first kappa shape index (κ1) is 20.3. The molecule has 0 amide bonds. The number of nitrogens with one attached hydrogen (secondary N) is 1. The number of halogens is 2. The molecule has 2 rings (SSSR count). The largest absolute Gasteiger partial charge is 0.426 e. The Morgan fingerprint density at radius 2 is 1.48 bits per heavy atom. The molecule has 2 nitrogen and oxygen atoms in total. The molecule has 0 aliphatic rings. The molecule has 1 N–H and O–H groups in total. The van der Waals surface area contributed by atoms with Crippen molar-refractivity contribution >= 4 is 41.0 Å². The second-order valence-electron chi connectivity index (χ2n) is 6.37. The lowest BCUT2D eigenvalue weighted by atomic mass is 9.55. The highest BCUT2D eigenvalue weighted by molar-refractivity contribution is 6.80. The van der Waals surface area contributed by atoms with Gasteiger partial charge in [0.1, 0.15) is 0 Å². The zero-order chi connectivity index (χ0) is 18.2. The standard InChI is InChI=1S/C20H26BCl2NO/c1-4-5-10-24-11-12-25-21(17-8-6-15(2)19(22)13-17)18-9-7-16(3)20(23)14-18/h6-9,13-14,24H,4-5,10-12H2,1-3H3. The van der Waals surface area contributed by atoms with Gasteiger partial charge in [-0.2, -0.15) is 0 Å². The van der Waals surface area contributed by atoms with E-state index in [0.717, 1.165) is 45.2 Å². The van der Waals surface area contributed by atoms with E-state index in [-0.39, 0.29) is 6.92 Å². The summed E-state index contributed by atoms with van der Waals surface area (Å²) in [5.41, 5.74) is 4.22. The van der Waals surface area contributed by atoms with E-state index in [9.17, 15) is 0 Å². The Morgan fingerprint density at radius 3 is 1.96 bits per heavy atom. The van der Waals surface area contributed by atoms with Crippen molar-refractivity contribution in [2.45, 2.75) is 33.6 Å². The lowest BCUT2D eigenvalue weighted by Gasteiger charge is -2.17. The highest BCUT2D eigenvalue weighted by atomic mass is 35.5. The highest BCUT2D eigenvalue weighted by Gasteiger charge is 2.22. The van der Waals surface area contributed by atoms with Gasteiger partial charge in [-0.3, -0.25) is 0 Å². The Labute approximate surface area is 162 Å². The normalized spacial score (nSPS) is 10.9. The van der Waals surface area contributed by atoms with Crippen molar-refractivity contribution in [3.63, 3.8) is 0 Å². The van der Waals surface area contributed by atoms with E-state index in [1.165, 1.54) is 12.8 Å². The van der Waals surface area contributed by atoms with Gasteiger partial charge in [-0.25, -0.2) is 0 Å². The minimum absolute atomic E-state index is 0.177. The molecule has 0 saturated heterocycles. The van der Waals surface area contributed by atoms with E-state index in [1.54, 1.807) is 0 Å². The molecule has 2 aromatic rings. The fraction of sp³-hybridized carbons (Fsp3) is 0.400. The molecule has 0 saturated carbocycles. The smallest absolute Gasteiger partial charge is 0.361 e. The van der Waals surface area contributed by atoms with Crippen LogP contribution in [0.2, 0.25) is 10.0 Å². The second kappa shape index (κ2) is 10.2. The zero-order valence-corrected chi connectivity index (χ0v) is 16.8. The van der Waals surface area contributed by atoms with Crippen LogP contribution in [0.4, 0.5) is 0 Å². The number of unbranched alkanes of at least 4 members (excludes halogenated alkanes) is 1. The summed E-state index contributed by atoms with van der Waals surface area (Å²) in [6.07, 6.45) is 2.38. The summed E-state index contributed by atoms with van der Waals surface area (Å²) >= 11 is 12.7. The van der Waals surface area contributed by atoms with Crippen molar-refractivity contribution < 1.29 is 4.65 Å². The van der Waals surface area contributed by atoms with Crippen molar-refractivity contribution in [1.82, 2.24) is 5.32 Å². The molecule has 0 bridgehead atoms. The third-order valence-corrected chi connectivity index (χ3v) is 5.08. The summed E-state index contributed by atoms with van der Waals surface area (Å²) in [6, 6.07) is 12.2. The molecule has 0 fully saturated rings. The molecule has 0 aromatic heterocycles. The van der Waals surface area contributed by atoms with Crippen LogP contribution in [-0.2, 0) is 4.65 Å². The molecule has 0 spiro atoms. The monoisotopic (exact) mass is 377 g/mol. The number of aryl methyl sites for hydroxylation is 2. The fourth-order valence-electron chi connectivity index (χ4n) is 2.61. The zero-order valence-electron chi connectivity index (χ0n) is 15.2. The average molecular weight is 378 g/mol. The third kappa shape index (κ3) is 6.04. The van der Waals surface area contributed by atoms with Crippen molar-refractivity contribution in [2.24, 2.45) is 0 Å². The second-order valence-corrected chi connectivity index (χ2v) is 7.19. The third-order valence-electron chi connectivity index (χ3n) is 4.27. The number of hydrogen-bond acceptors (Lipinski definition) is 2. The van der Waals surface area contributed by atoms with Gasteiger partial charge >= 0.3 is 6.92 Å². The van der Waals surface area contributed by atoms with Crippen LogP contribution in [0.1, 0.15) is 30.9 Å². The summed E-state index contributed by atoms with van der Waals surface area (Å²) in [5, 5.41) is 4.92. The molecule has 25 heavy (non-hydrogen) atoms. The van der Waals surface area contributed by atoms with E-state index >= 15 is 0 Å². The van der Waals surface area contributed by atoms with Gasteiger partial charge in [0.05, 0.1) is 0 Å². The minimum Gasteiger partial charge on any atom is -0.426 e. The van der Waals surface area contributed by atoms with Gasteiger partial charge in [0, 0.05) is 23.2 Å². The lowest BCUT2D eigenvalue weighted by molar-refractivity contribution is 0.328. The van der Waals surface area contributed by atoms with Crippen molar-refractivity contribution in [1.29, 1.82) is 0 Å². The van der Waals surface area contributed by atoms with Crippen LogP contribution in [-0.4, -0.2) is 26.6 Å². The molecule has 5 heteroatoms. The van der Waals surface area contributed by atoms with Crippen molar-refractivity contribution in [3.05, 3.63) is 57.6 Å². The summed E-state index contributed by atoms with van der Waals surface area (Å²) in [7, 11) is 0. The Bertz CT molecular complexity index is 642. The van der Waals surface area contributed by atoms with Gasteiger partial charge in [-0.1, -0.05) is 60.8 Å². The van der Waals surface area contributed by atoms with Crippen LogP contribution in [0.15, 0.2) is 36.4 Å². The molecule has 0 aliphatic carbocycles. The molecule has 0 atom stereocenters. The van der Waals surface area contributed by atoms with Crippen LogP contribution in [0.5, 0.6) is 0 Å². The van der Waals surface area contributed by atoms with Gasteiger partial charge in [0.2, 0.25) is 0 Å². The summed E-state index contributed by atoms with van der Waals surface area (Å²) in [4.78, 5) is 0. The van der Waals surface area contributed by atoms with E-state index in [2.05, 4.69) is 24.4 Å². The average Bonchev–Trinajstić information content (AvgIpc) is 2.60. The maximum absolute atomic E-state index is 6.33. The maximum atomic E-state index is 6.33. The molecule has 0 heterocycles. The fourth-order valence-corrected chi connectivity index (χ4v) is 2.98. The topological polar surface area (TPSA) is 21.3 Å². The van der Waals surface area contributed by atoms with Gasteiger partial charge in [-0.15, -0.1) is 0 Å². The first-order valence-electron chi connectivity index (χ1n) is 8.87. The molecule has 0 aliphatic heterocycles. The summed E-state index contributed by atoms with van der Waals surface area (Å²) < 4.78 is 6.20. The Kier molecular flexibility index (Phi) is 8.31. The number of hydrogen-bond donors (Lipinski definition) is 1. The quantitative estimate of drug-likeness (QED) is 0.524. The maximum Gasteiger partial charge on any atom is 0.361 e. The predicted octanol–water partition coefficient (Wildman–Crippen LogP) is 4.12. The van der Waals surface area contributed by atoms with Crippen molar-refractivity contribution in [3.8, 4) is 0 Å². The molecule has 2 aromatic carbocycles. The Morgan fingerprint density at radius 1 is 0.920 bits per heavy atom. The van der Waals surface area contributed by atoms with Crippen LogP contribution in [0.25, 0.3) is 0 Å². The van der Waals surface area contributed by atoms with E-state index < -0.39 is 0 Å². The Hall–Kier alpha value is -0.995. The van der Waals surface area contributed by atoms with Crippen LogP contribution >= 0.6 is 23.2 Å². The van der Waals surface area contributed by atoms with Crippen molar-refractivity contribution in [2.75, 3.05) is 19.7 Å². The predicted molar refractivity (Wildman–Crippen MR) is 111 cm³/mol. The van der Waals surface area contributed by atoms with Gasteiger partial charge < -0.3 is 9.97 Å². The van der Waals surface area contributed by atoms with E-state index in [1.807, 2.05) is 38.1 Å². The van der Waals surface area contributed by atoms with Gasteiger partial charge in [0.25, 0.3) is 0 Å². The SMILES string of the molecule is CCCCNCCOB(c1ccc(C)c(Cl)c1)c1ccc(C)c(Cl)c1. The summed E-state index contributed by atoms with van der Waals surface area (Å²) in [6.45, 7) is 8.50. The molecule has 0 radical (unpaired) electrons. The Balaban J connectivity index is 2.15. The van der Waals surface area contributed by atoms with Gasteiger partial charge in [-0.05, 0) is 61.0 Å². The van der Waals surface area contributed by atoms with Crippen LogP contribution in [0, 0.1) is 13.8 Å². The van der Waals surface area contributed by atoms with Crippen LogP contribution in [0.3, 0.4) is 0 Å².